The number of sulfonamides is 1. The zero-order chi connectivity index (χ0) is 14.9. The zero-order valence-corrected chi connectivity index (χ0v) is 10.7. The first kappa shape index (κ1) is 14.2. The lowest BCUT2D eigenvalue weighted by Crippen LogP contribution is -2.15. The van der Waals surface area contributed by atoms with Crippen LogP contribution in [0.25, 0.3) is 0 Å². The lowest BCUT2D eigenvalue weighted by Gasteiger charge is -2.11. The third-order valence-corrected chi connectivity index (χ3v) is 3.78. The molecule has 0 atom stereocenters. The molecule has 0 fully saturated rings. The van der Waals surface area contributed by atoms with Crippen LogP contribution in [0.3, 0.4) is 0 Å². The molecule has 8 heteroatoms. The Labute approximate surface area is 113 Å². The minimum atomic E-state index is -4.23. The standard InChI is InChI=1S/C12H9F3N2O2S/c13-7-2-1-3-9(4-7)20(18,19)17-12-10(15)5-8(14)6-11(12)16/h1-6,17H,16H2. The van der Waals surface area contributed by atoms with Crippen molar-refractivity contribution in [3.8, 4) is 0 Å². The largest absolute Gasteiger partial charge is 0.397 e. The minimum absolute atomic E-state index is 0.402. The minimum Gasteiger partial charge on any atom is -0.397 e. The van der Waals surface area contributed by atoms with Gasteiger partial charge in [-0.2, -0.15) is 0 Å². The van der Waals surface area contributed by atoms with Gasteiger partial charge in [0.2, 0.25) is 0 Å². The van der Waals surface area contributed by atoms with Crippen molar-refractivity contribution in [3.05, 3.63) is 53.8 Å². The van der Waals surface area contributed by atoms with E-state index in [9.17, 15) is 21.6 Å². The number of hydrogen-bond donors (Lipinski definition) is 2. The number of halogens is 3. The maximum Gasteiger partial charge on any atom is 0.262 e. The molecule has 106 valence electrons. The van der Waals surface area contributed by atoms with E-state index in [0.29, 0.717) is 6.07 Å². The van der Waals surface area contributed by atoms with Gasteiger partial charge in [0, 0.05) is 6.07 Å². The van der Waals surface area contributed by atoms with Crippen molar-refractivity contribution in [3.63, 3.8) is 0 Å². The predicted molar refractivity (Wildman–Crippen MR) is 68.0 cm³/mol. The molecule has 0 saturated carbocycles. The summed E-state index contributed by atoms with van der Waals surface area (Å²) in [5.74, 6) is -2.86. The monoisotopic (exact) mass is 302 g/mol. The van der Waals surface area contributed by atoms with E-state index in [0.717, 1.165) is 24.3 Å². The lowest BCUT2D eigenvalue weighted by atomic mass is 10.2. The molecule has 0 aromatic heterocycles. The molecule has 0 saturated heterocycles. The highest BCUT2D eigenvalue weighted by molar-refractivity contribution is 7.92. The molecule has 0 aliphatic heterocycles. The van der Waals surface area contributed by atoms with Crippen molar-refractivity contribution in [2.24, 2.45) is 0 Å². The van der Waals surface area contributed by atoms with Gasteiger partial charge in [0.25, 0.3) is 10.0 Å². The van der Waals surface area contributed by atoms with Gasteiger partial charge in [-0.05, 0) is 24.3 Å². The molecule has 0 amide bonds. The number of benzene rings is 2. The van der Waals surface area contributed by atoms with Crippen molar-refractivity contribution >= 4 is 21.4 Å². The van der Waals surface area contributed by atoms with Crippen LogP contribution in [0.2, 0.25) is 0 Å². The molecule has 2 aromatic rings. The van der Waals surface area contributed by atoms with Gasteiger partial charge in [0.1, 0.15) is 17.3 Å². The Hall–Kier alpha value is -2.22. The molecule has 0 aliphatic carbocycles. The van der Waals surface area contributed by atoms with Crippen LogP contribution in [0, 0.1) is 17.5 Å². The third-order valence-electron chi connectivity index (χ3n) is 2.43. The number of hydrogen-bond acceptors (Lipinski definition) is 3. The van der Waals surface area contributed by atoms with Gasteiger partial charge < -0.3 is 5.73 Å². The second-order valence-corrected chi connectivity index (χ2v) is 5.60. The van der Waals surface area contributed by atoms with Gasteiger partial charge in [-0.25, -0.2) is 21.6 Å². The highest BCUT2D eigenvalue weighted by Crippen LogP contribution is 2.26. The van der Waals surface area contributed by atoms with Crippen LogP contribution < -0.4 is 10.5 Å². The van der Waals surface area contributed by atoms with Crippen LogP contribution in [-0.4, -0.2) is 8.42 Å². The Balaban J connectivity index is 2.44. The molecule has 0 spiro atoms. The van der Waals surface area contributed by atoms with E-state index in [1.807, 2.05) is 4.72 Å². The summed E-state index contributed by atoms with van der Waals surface area (Å²) in [4.78, 5) is -0.402. The van der Waals surface area contributed by atoms with Crippen LogP contribution in [0.15, 0.2) is 41.3 Å². The summed E-state index contributed by atoms with van der Waals surface area (Å²) < 4.78 is 65.2. The zero-order valence-electron chi connectivity index (χ0n) is 9.90. The summed E-state index contributed by atoms with van der Waals surface area (Å²) in [5, 5.41) is 0. The van der Waals surface area contributed by atoms with Crippen LogP contribution >= 0.6 is 0 Å². The van der Waals surface area contributed by atoms with Crippen LogP contribution in [0.4, 0.5) is 24.5 Å². The van der Waals surface area contributed by atoms with Gasteiger partial charge in [0.15, 0.2) is 5.82 Å². The highest BCUT2D eigenvalue weighted by atomic mass is 32.2. The normalized spacial score (nSPS) is 11.3. The number of nitrogen functional groups attached to an aromatic ring is 1. The number of nitrogens with two attached hydrogens (primary N) is 1. The van der Waals surface area contributed by atoms with Gasteiger partial charge in [-0.15, -0.1) is 0 Å². The number of rotatable bonds is 3. The summed E-state index contributed by atoms with van der Waals surface area (Å²) in [6, 6.07) is 5.40. The van der Waals surface area contributed by atoms with Crippen LogP contribution in [-0.2, 0) is 10.0 Å². The smallest absolute Gasteiger partial charge is 0.262 e. The average Bonchev–Trinajstić information content (AvgIpc) is 2.34. The molecule has 2 aromatic carbocycles. The first-order valence-corrected chi connectivity index (χ1v) is 6.81. The second-order valence-electron chi connectivity index (χ2n) is 3.91. The summed E-state index contributed by atoms with van der Waals surface area (Å²) in [6.07, 6.45) is 0. The van der Waals surface area contributed by atoms with Crippen molar-refractivity contribution < 1.29 is 21.6 Å². The Morgan fingerprint density at radius 1 is 1.00 bits per heavy atom. The number of nitrogens with one attached hydrogen (secondary N) is 1. The van der Waals surface area contributed by atoms with Crippen molar-refractivity contribution in [2.45, 2.75) is 4.90 Å². The molecule has 2 rings (SSSR count). The van der Waals surface area contributed by atoms with E-state index >= 15 is 0 Å². The lowest BCUT2D eigenvalue weighted by molar-refractivity contribution is 0.583. The van der Waals surface area contributed by atoms with Crippen molar-refractivity contribution in [1.29, 1.82) is 0 Å². The van der Waals surface area contributed by atoms with Crippen LogP contribution in [0.1, 0.15) is 0 Å². The van der Waals surface area contributed by atoms with Crippen molar-refractivity contribution in [1.82, 2.24) is 0 Å². The van der Waals surface area contributed by atoms with Crippen molar-refractivity contribution in [2.75, 3.05) is 10.5 Å². The summed E-state index contributed by atoms with van der Waals surface area (Å²) in [6.45, 7) is 0. The Morgan fingerprint density at radius 2 is 1.70 bits per heavy atom. The molecule has 0 heterocycles. The molecular weight excluding hydrogens is 293 g/mol. The van der Waals surface area contributed by atoms with E-state index in [2.05, 4.69) is 0 Å². The average molecular weight is 302 g/mol. The van der Waals surface area contributed by atoms with E-state index in [1.54, 1.807) is 0 Å². The molecule has 4 nitrogen and oxygen atoms in total. The van der Waals surface area contributed by atoms with E-state index < -0.39 is 43.7 Å². The fourth-order valence-corrected chi connectivity index (χ4v) is 2.66. The van der Waals surface area contributed by atoms with Gasteiger partial charge >= 0.3 is 0 Å². The Kier molecular flexibility index (Phi) is 3.58. The fourth-order valence-electron chi connectivity index (χ4n) is 1.53. The SMILES string of the molecule is Nc1cc(F)cc(F)c1NS(=O)(=O)c1cccc(F)c1. The molecule has 0 bridgehead atoms. The third kappa shape index (κ3) is 2.85. The molecule has 3 N–H and O–H groups in total. The molecule has 0 aliphatic rings. The maximum absolute atomic E-state index is 13.5. The topological polar surface area (TPSA) is 72.2 Å². The predicted octanol–water partition coefficient (Wildman–Crippen LogP) is 2.49. The summed E-state index contributed by atoms with van der Waals surface area (Å²) in [5.41, 5.74) is 4.35. The van der Waals surface area contributed by atoms with E-state index in [-0.39, 0.29) is 0 Å². The fraction of sp³-hybridized carbons (Fsp3) is 0. The highest BCUT2D eigenvalue weighted by Gasteiger charge is 2.19. The molecule has 0 radical (unpaired) electrons. The second kappa shape index (κ2) is 5.04. The van der Waals surface area contributed by atoms with Gasteiger partial charge in [-0.1, -0.05) is 6.07 Å². The van der Waals surface area contributed by atoms with E-state index in [4.69, 9.17) is 5.73 Å². The van der Waals surface area contributed by atoms with E-state index in [1.165, 1.54) is 6.07 Å². The summed E-state index contributed by atoms with van der Waals surface area (Å²) in [7, 11) is -4.23. The van der Waals surface area contributed by atoms with Crippen LogP contribution in [0.5, 0.6) is 0 Å². The summed E-state index contributed by atoms with van der Waals surface area (Å²) >= 11 is 0. The Bertz CT molecular complexity index is 740. The first-order chi connectivity index (χ1) is 9.29. The first-order valence-electron chi connectivity index (χ1n) is 5.32. The number of anilines is 2. The Morgan fingerprint density at radius 3 is 2.30 bits per heavy atom. The maximum atomic E-state index is 13.5. The van der Waals surface area contributed by atoms with Gasteiger partial charge in [0.05, 0.1) is 10.6 Å². The quantitative estimate of drug-likeness (QED) is 0.856. The molecular formula is C12H9F3N2O2S. The van der Waals surface area contributed by atoms with Gasteiger partial charge in [-0.3, -0.25) is 4.72 Å². The molecule has 0 unspecified atom stereocenters. The molecule has 20 heavy (non-hydrogen) atoms.